The zero-order chi connectivity index (χ0) is 13.8. The summed E-state index contributed by atoms with van der Waals surface area (Å²) in [5.41, 5.74) is 8.33. The first-order valence-electron chi connectivity index (χ1n) is 7.56. The molecule has 0 aromatic heterocycles. The van der Waals surface area contributed by atoms with Gasteiger partial charge in [0.1, 0.15) is 0 Å². The van der Waals surface area contributed by atoms with Crippen molar-refractivity contribution in [2.24, 2.45) is 17.6 Å². The van der Waals surface area contributed by atoms with Crippen LogP contribution >= 0.6 is 0 Å². The van der Waals surface area contributed by atoms with Crippen molar-refractivity contribution in [1.82, 2.24) is 4.90 Å². The Hall–Kier alpha value is -0.860. The zero-order valence-electron chi connectivity index (χ0n) is 12.6. The summed E-state index contributed by atoms with van der Waals surface area (Å²) in [5.74, 6) is 1.73. The Balaban J connectivity index is 1.97. The molecule has 2 rings (SSSR count). The summed E-state index contributed by atoms with van der Waals surface area (Å²) in [5, 5.41) is 0. The number of hydrogen-bond donors (Lipinski definition) is 1. The SMILES string of the molecule is CC1CC(C)CC(N(C)Cc2cccc(CN)c2)C1. The van der Waals surface area contributed by atoms with E-state index < -0.39 is 0 Å². The molecule has 0 radical (unpaired) electrons. The van der Waals surface area contributed by atoms with Crippen LogP contribution in [0.25, 0.3) is 0 Å². The molecule has 1 aliphatic carbocycles. The van der Waals surface area contributed by atoms with Crippen molar-refractivity contribution >= 4 is 0 Å². The monoisotopic (exact) mass is 260 g/mol. The first-order valence-corrected chi connectivity index (χ1v) is 7.56. The minimum Gasteiger partial charge on any atom is -0.326 e. The Morgan fingerprint density at radius 2 is 1.74 bits per heavy atom. The standard InChI is InChI=1S/C17H28N2/c1-13-7-14(2)9-17(8-13)19(3)12-16-6-4-5-15(10-16)11-18/h4-6,10,13-14,17H,7-9,11-12,18H2,1-3H3. The van der Waals surface area contributed by atoms with Crippen LogP contribution in [0.3, 0.4) is 0 Å². The van der Waals surface area contributed by atoms with E-state index in [4.69, 9.17) is 5.73 Å². The first-order chi connectivity index (χ1) is 9.08. The average molecular weight is 260 g/mol. The summed E-state index contributed by atoms with van der Waals surface area (Å²) in [7, 11) is 2.27. The van der Waals surface area contributed by atoms with Crippen LogP contribution < -0.4 is 5.73 Å². The van der Waals surface area contributed by atoms with Gasteiger partial charge in [0.15, 0.2) is 0 Å². The average Bonchev–Trinajstić information content (AvgIpc) is 2.37. The van der Waals surface area contributed by atoms with Crippen molar-refractivity contribution in [3.8, 4) is 0 Å². The van der Waals surface area contributed by atoms with Crippen LogP contribution in [0.15, 0.2) is 24.3 Å². The Morgan fingerprint density at radius 1 is 1.11 bits per heavy atom. The molecule has 1 fully saturated rings. The predicted molar refractivity (Wildman–Crippen MR) is 81.8 cm³/mol. The second-order valence-electron chi connectivity index (χ2n) is 6.51. The molecule has 0 bridgehead atoms. The summed E-state index contributed by atoms with van der Waals surface area (Å²) in [6, 6.07) is 9.42. The maximum absolute atomic E-state index is 5.72. The fourth-order valence-electron chi connectivity index (χ4n) is 3.54. The van der Waals surface area contributed by atoms with Crippen LogP contribution in [-0.4, -0.2) is 18.0 Å². The minimum absolute atomic E-state index is 0.634. The van der Waals surface area contributed by atoms with E-state index in [9.17, 15) is 0 Å². The third-order valence-corrected chi connectivity index (χ3v) is 4.44. The number of nitrogens with two attached hydrogens (primary N) is 1. The molecule has 1 saturated carbocycles. The van der Waals surface area contributed by atoms with Crippen molar-refractivity contribution in [3.63, 3.8) is 0 Å². The van der Waals surface area contributed by atoms with Gasteiger partial charge in [0.05, 0.1) is 0 Å². The second-order valence-corrected chi connectivity index (χ2v) is 6.51. The van der Waals surface area contributed by atoms with Gasteiger partial charge >= 0.3 is 0 Å². The van der Waals surface area contributed by atoms with Gasteiger partial charge in [0.2, 0.25) is 0 Å². The van der Waals surface area contributed by atoms with Crippen LogP contribution in [0.1, 0.15) is 44.2 Å². The molecule has 1 aromatic carbocycles. The third kappa shape index (κ3) is 4.05. The molecule has 2 unspecified atom stereocenters. The van der Waals surface area contributed by atoms with Gasteiger partial charge in [-0.1, -0.05) is 38.1 Å². The topological polar surface area (TPSA) is 29.3 Å². The van der Waals surface area contributed by atoms with Gasteiger partial charge in [-0.15, -0.1) is 0 Å². The summed E-state index contributed by atoms with van der Waals surface area (Å²) in [6.45, 7) is 6.46. The summed E-state index contributed by atoms with van der Waals surface area (Å²) in [4.78, 5) is 2.53. The number of rotatable bonds is 4. The van der Waals surface area contributed by atoms with E-state index >= 15 is 0 Å². The number of benzene rings is 1. The van der Waals surface area contributed by atoms with Crippen molar-refractivity contribution in [3.05, 3.63) is 35.4 Å². The van der Waals surface area contributed by atoms with E-state index in [0.29, 0.717) is 6.54 Å². The second kappa shape index (κ2) is 6.53. The maximum Gasteiger partial charge on any atom is 0.0233 e. The van der Waals surface area contributed by atoms with Crippen molar-refractivity contribution in [1.29, 1.82) is 0 Å². The van der Waals surface area contributed by atoms with Crippen LogP contribution in [0, 0.1) is 11.8 Å². The summed E-state index contributed by atoms with van der Waals surface area (Å²) < 4.78 is 0. The molecule has 0 heterocycles. The Morgan fingerprint density at radius 3 is 2.37 bits per heavy atom. The molecule has 106 valence electrons. The molecule has 1 aromatic rings. The van der Waals surface area contributed by atoms with Crippen LogP contribution in [0.5, 0.6) is 0 Å². The normalized spacial score (nSPS) is 27.7. The number of hydrogen-bond acceptors (Lipinski definition) is 2. The highest BCUT2D eigenvalue weighted by Gasteiger charge is 2.26. The lowest BCUT2D eigenvalue weighted by Gasteiger charge is -2.37. The summed E-state index contributed by atoms with van der Waals surface area (Å²) in [6.07, 6.45) is 4.09. The van der Waals surface area contributed by atoms with Gasteiger partial charge in [-0.2, -0.15) is 0 Å². The highest BCUT2D eigenvalue weighted by molar-refractivity contribution is 5.23. The molecule has 0 spiro atoms. The lowest BCUT2D eigenvalue weighted by atomic mass is 9.80. The fourth-order valence-corrected chi connectivity index (χ4v) is 3.54. The van der Waals surface area contributed by atoms with Crippen molar-refractivity contribution in [2.75, 3.05) is 7.05 Å². The Labute approximate surface area is 118 Å². The van der Waals surface area contributed by atoms with Crippen LogP contribution in [-0.2, 0) is 13.1 Å². The molecule has 2 nitrogen and oxygen atoms in total. The molecule has 2 atom stereocenters. The van der Waals surface area contributed by atoms with Gasteiger partial charge in [-0.25, -0.2) is 0 Å². The van der Waals surface area contributed by atoms with E-state index in [1.54, 1.807) is 0 Å². The van der Waals surface area contributed by atoms with Gasteiger partial charge in [-0.05, 0) is 49.3 Å². The Bertz CT molecular complexity index is 392. The largest absolute Gasteiger partial charge is 0.326 e. The van der Waals surface area contributed by atoms with Gasteiger partial charge in [-0.3, -0.25) is 4.90 Å². The first kappa shape index (κ1) is 14.5. The lowest BCUT2D eigenvalue weighted by Crippen LogP contribution is -2.37. The molecule has 1 aliphatic rings. The molecule has 19 heavy (non-hydrogen) atoms. The fraction of sp³-hybridized carbons (Fsp3) is 0.647. The molecular weight excluding hydrogens is 232 g/mol. The highest BCUT2D eigenvalue weighted by atomic mass is 15.1. The molecular formula is C17H28N2. The molecule has 2 N–H and O–H groups in total. The predicted octanol–water partition coefficient (Wildman–Crippen LogP) is 3.40. The summed E-state index contributed by atoms with van der Waals surface area (Å²) >= 11 is 0. The van der Waals surface area contributed by atoms with Crippen molar-refractivity contribution < 1.29 is 0 Å². The highest BCUT2D eigenvalue weighted by Crippen LogP contribution is 2.31. The smallest absolute Gasteiger partial charge is 0.0233 e. The van der Waals surface area contributed by atoms with Crippen molar-refractivity contribution in [2.45, 2.75) is 52.2 Å². The Kier molecular flexibility index (Phi) is 5.00. The maximum atomic E-state index is 5.72. The number of nitrogens with zero attached hydrogens (tertiary/aromatic N) is 1. The van der Waals surface area contributed by atoms with E-state index in [1.807, 2.05) is 0 Å². The quantitative estimate of drug-likeness (QED) is 0.899. The molecule has 0 amide bonds. The van der Waals surface area contributed by atoms with Crippen LogP contribution in [0.2, 0.25) is 0 Å². The molecule has 2 heteroatoms. The molecule has 0 aliphatic heterocycles. The minimum atomic E-state index is 0.634. The van der Waals surface area contributed by atoms with Crippen LogP contribution in [0.4, 0.5) is 0 Å². The van der Waals surface area contributed by atoms with Gasteiger partial charge < -0.3 is 5.73 Å². The molecule has 0 saturated heterocycles. The van der Waals surface area contributed by atoms with E-state index in [0.717, 1.165) is 24.4 Å². The lowest BCUT2D eigenvalue weighted by molar-refractivity contribution is 0.128. The van der Waals surface area contributed by atoms with E-state index in [-0.39, 0.29) is 0 Å². The third-order valence-electron chi connectivity index (χ3n) is 4.44. The van der Waals surface area contributed by atoms with Gasteiger partial charge in [0.25, 0.3) is 0 Å². The van der Waals surface area contributed by atoms with E-state index in [2.05, 4.69) is 50.1 Å². The zero-order valence-corrected chi connectivity index (χ0v) is 12.6. The van der Waals surface area contributed by atoms with Gasteiger partial charge in [0, 0.05) is 19.1 Å². The van der Waals surface area contributed by atoms with E-state index in [1.165, 1.54) is 30.4 Å².